The van der Waals surface area contributed by atoms with Crippen LogP contribution in [-0.2, 0) is 6.61 Å². The molecule has 3 aromatic carbocycles. The average Bonchev–Trinajstić information content (AvgIpc) is 2.77. The molecule has 0 heterocycles. The van der Waals surface area contributed by atoms with Gasteiger partial charge in [-0.15, -0.1) is 0 Å². The van der Waals surface area contributed by atoms with Gasteiger partial charge in [0.15, 0.2) is 17.3 Å². The Balaban J connectivity index is 1.67. The number of carbonyl (C=O) groups is 1. The fourth-order valence-electron chi connectivity index (χ4n) is 2.67. The highest BCUT2D eigenvalue weighted by molar-refractivity contribution is 6.30. The van der Waals surface area contributed by atoms with Crippen molar-refractivity contribution in [1.82, 2.24) is 0 Å². The lowest BCUT2D eigenvalue weighted by Crippen LogP contribution is -1.98. The number of ether oxygens (including phenoxy) is 3. The smallest absolute Gasteiger partial charge is 0.185 e. The van der Waals surface area contributed by atoms with Crippen molar-refractivity contribution in [3.63, 3.8) is 0 Å². The predicted molar refractivity (Wildman–Crippen MR) is 115 cm³/mol. The lowest BCUT2D eigenvalue weighted by molar-refractivity contribution is 0.104. The van der Waals surface area contributed by atoms with Crippen LogP contribution in [0.25, 0.3) is 6.08 Å². The molecule has 0 amide bonds. The third kappa shape index (κ3) is 5.62. The summed E-state index contributed by atoms with van der Waals surface area (Å²) in [5.41, 5.74) is 2.44. The van der Waals surface area contributed by atoms with Crippen LogP contribution in [0, 0.1) is 0 Å². The van der Waals surface area contributed by atoms with E-state index in [2.05, 4.69) is 0 Å². The van der Waals surface area contributed by atoms with E-state index in [-0.39, 0.29) is 5.78 Å². The normalized spacial score (nSPS) is 10.7. The number of ketones is 1. The molecule has 0 aromatic heterocycles. The van der Waals surface area contributed by atoms with E-state index in [1.54, 1.807) is 44.6 Å². The van der Waals surface area contributed by atoms with Crippen molar-refractivity contribution in [3.8, 4) is 17.2 Å². The summed E-state index contributed by atoms with van der Waals surface area (Å²) in [6, 6.07) is 20.0. The molecule has 0 saturated heterocycles. The van der Waals surface area contributed by atoms with Gasteiger partial charge in [-0.05, 0) is 65.7 Å². The Hall–Kier alpha value is -3.24. The number of rotatable bonds is 8. The Labute approximate surface area is 175 Å². The highest BCUT2D eigenvalue weighted by Crippen LogP contribution is 2.29. The van der Waals surface area contributed by atoms with Crippen LogP contribution in [0.15, 0.2) is 72.8 Å². The van der Waals surface area contributed by atoms with Gasteiger partial charge < -0.3 is 14.2 Å². The Kier molecular flexibility index (Phi) is 6.93. The third-order valence-corrected chi connectivity index (χ3v) is 4.55. The molecule has 0 aliphatic rings. The van der Waals surface area contributed by atoms with Gasteiger partial charge in [0.1, 0.15) is 12.4 Å². The van der Waals surface area contributed by atoms with E-state index in [0.717, 1.165) is 11.1 Å². The Bertz CT molecular complexity index is 992. The first-order valence-corrected chi connectivity index (χ1v) is 9.38. The van der Waals surface area contributed by atoms with Gasteiger partial charge in [0.25, 0.3) is 0 Å². The highest BCUT2D eigenvalue weighted by Gasteiger charge is 2.07. The standard InChI is InChI=1S/C24H21ClO4/c1-27-21-11-7-19(8-12-21)22(26)13-5-17-6-14-23(24(15-17)28-2)29-16-18-3-9-20(25)10-4-18/h3-15H,16H2,1-2H3/b13-5+. The van der Waals surface area contributed by atoms with Crippen LogP contribution in [0.2, 0.25) is 5.02 Å². The molecule has 0 unspecified atom stereocenters. The molecule has 0 atom stereocenters. The largest absolute Gasteiger partial charge is 0.497 e. The number of hydrogen-bond donors (Lipinski definition) is 0. The quantitative estimate of drug-likeness (QED) is 0.347. The molecule has 29 heavy (non-hydrogen) atoms. The first-order valence-electron chi connectivity index (χ1n) is 9.01. The maximum absolute atomic E-state index is 12.3. The van der Waals surface area contributed by atoms with Gasteiger partial charge >= 0.3 is 0 Å². The van der Waals surface area contributed by atoms with Gasteiger partial charge in [0.05, 0.1) is 14.2 Å². The average molecular weight is 409 g/mol. The monoisotopic (exact) mass is 408 g/mol. The maximum atomic E-state index is 12.3. The van der Waals surface area contributed by atoms with Crippen molar-refractivity contribution < 1.29 is 19.0 Å². The predicted octanol–water partition coefficient (Wildman–Crippen LogP) is 5.83. The molecule has 0 N–H and O–H groups in total. The van der Waals surface area contributed by atoms with Crippen LogP contribution in [0.5, 0.6) is 17.2 Å². The van der Waals surface area contributed by atoms with Crippen LogP contribution in [-0.4, -0.2) is 20.0 Å². The summed E-state index contributed by atoms with van der Waals surface area (Å²) < 4.78 is 16.4. The number of allylic oxidation sites excluding steroid dienone is 1. The molecule has 4 nitrogen and oxygen atoms in total. The van der Waals surface area contributed by atoms with E-state index in [1.165, 1.54) is 6.08 Å². The summed E-state index contributed by atoms with van der Waals surface area (Å²) >= 11 is 5.90. The number of methoxy groups -OCH3 is 2. The van der Waals surface area contributed by atoms with Gasteiger partial charge in [-0.3, -0.25) is 4.79 Å². The van der Waals surface area contributed by atoms with E-state index >= 15 is 0 Å². The van der Waals surface area contributed by atoms with Crippen molar-refractivity contribution in [2.75, 3.05) is 14.2 Å². The van der Waals surface area contributed by atoms with Crippen molar-refractivity contribution in [2.45, 2.75) is 6.61 Å². The van der Waals surface area contributed by atoms with Gasteiger partial charge in [-0.1, -0.05) is 35.9 Å². The summed E-state index contributed by atoms with van der Waals surface area (Å²) in [6.45, 7) is 0.401. The SMILES string of the molecule is COc1ccc(C(=O)/C=C/c2ccc(OCc3ccc(Cl)cc3)c(OC)c2)cc1. The zero-order valence-electron chi connectivity index (χ0n) is 16.2. The summed E-state index contributed by atoms with van der Waals surface area (Å²) in [7, 11) is 3.17. The fourth-order valence-corrected chi connectivity index (χ4v) is 2.80. The van der Waals surface area contributed by atoms with Gasteiger partial charge in [-0.25, -0.2) is 0 Å². The molecular weight excluding hydrogens is 388 g/mol. The van der Waals surface area contributed by atoms with Crippen molar-refractivity contribution in [3.05, 3.63) is 94.5 Å². The van der Waals surface area contributed by atoms with Crippen molar-refractivity contribution >= 4 is 23.5 Å². The molecule has 0 bridgehead atoms. The molecule has 0 fully saturated rings. The van der Waals surface area contributed by atoms with Gasteiger partial charge in [0.2, 0.25) is 0 Å². The fraction of sp³-hybridized carbons (Fsp3) is 0.125. The molecular formula is C24H21ClO4. The number of halogens is 1. The minimum absolute atomic E-state index is 0.0883. The molecule has 0 aliphatic carbocycles. The molecule has 0 aliphatic heterocycles. The second-order valence-electron chi connectivity index (χ2n) is 6.25. The van der Waals surface area contributed by atoms with Crippen LogP contribution < -0.4 is 14.2 Å². The molecule has 3 aromatic rings. The minimum atomic E-state index is -0.0883. The van der Waals surface area contributed by atoms with E-state index in [4.69, 9.17) is 25.8 Å². The summed E-state index contributed by atoms with van der Waals surface area (Å²) in [5, 5.41) is 0.687. The molecule has 5 heteroatoms. The van der Waals surface area contributed by atoms with E-state index in [9.17, 15) is 4.79 Å². The first-order chi connectivity index (χ1) is 14.1. The maximum Gasteiger partial charge on any atom is 0.185 e. The number of benzene rings is 3. The van der Waals surface area contributed by atoms with Gasteiger partial charge in [-0.2, -0.15) is 0 Å². The Morgan fingerprint density at radius 2 is 1.62 bits per heavy atom. The molecule has 148 valence electrons. The molecule has 0 saturated carbocycles. The zero-order chi connectivity index (χ0) is 20.6. The highest BCUT2D eigenvalue weighted by atomic mass is 35.5. The second-order valence-corrected chi connectivity index (χ2v) is 6.69. The molecule has 3 rings (SSSR count). The Morgan fingerprint density at radius 1 is 0.897 bits per heavy atom. The van der Waals surface area contributed by atoms with Crippen LogP contribution in [0.3, 0.4) is 0 Å². The van der Waals surface area contributed by atoms with Crippen molar-refractivity contribution in [2.24, 2.45) is 0 Å². The molecule has 0 spiro atoms. The van der Waals surface area contributed by atoms with E-state index < -0.39 is 0 Å². The summed E-state index contributed by atoms with van der Waals surface area (Å²) in [5.74, 6) is 1.85. The summed E-state index contributed by atoms with van der Waals surface area (Å²) in [4.78, 5) is 12.3. The number of hydrogen-bond acceptors (Lipinski definition) is 4. The van der Waals surface area contributed by atoms with E-state index in [0.29, 0.717) is 34.4 Å². The van der Waals surface area contributed by atoms with E-state index in [1.807, 2.05) is 42.5 Å². The topological polar surface area (TPSA) is 44.8 Å². The molecule has 0 radical (unpaired) electrons. The van der Waals surface area contributed by atoms with Crippen LogP contribution in [0.4, 0.5) is 0 Å². The Morgan fingerprint density at radius 3 is 2.28 bits per heavy atom. The zero-order valence-corrected chi connectivity index (χ0v) is 17.0. The summed E-state index contributed by atoms with van der Waals surface area (Å²) in [6.07, 6.45) is 3.28. The second kappa shape index (κ2) is 9.80. The van der Waals surface area contributed by atoms with Crippen LogP contribution >= 0.6 is 11.6 Å². The van der Waals surface area contributed by atoms with Crippen molar-refractivity contribution in [1.29, 1.82) is 0 Å². The number of carbonyl (C=O) groups excluding carboxylic acids is 1. The van der Waals surface area contributed by atoms with Gasteiger partial charge in [0, 0.05) is 10.6 Å². The lowest BCUT2D eigenvalue weighted by Gasteiger charge is -2.11. The lowest BCUT2D eigenvalue weighted by atomic mass is 10.1. The minimum Gasteiger partial charge on any atom is -0.497 e. The first kappa shape index (κ1) is 20.5. The van der Waals surface area contributed by atoms with Crippen LogP contribution in [0.1, 0.15) is 21.5 Å². The third-order valence-electron chi connectivity index (χ3n) is 4.30.